The third kappa shape index (κ3) is 3.05. The van der Waals surface area contributed by atoms with E-state index in [-0.39, 0.29) is 17.8 Å². The van der Waals surface area contributed by atoms with Gasteiger partial charge in [0.05, 0.1) is 12.0 Å². The van der Waals surface area contributed by atoms with Gasteiger partial charge in [-0.2, -0.15) is 5.26 Å². The van der Waals surface area contributed by atoms with Gasteiger partial charge in [-0.1, -0.05) is 28.4 Å². The Morgan fingerprint density at radius 1 is 1.47 bits per heavy atom. The van der Waals surface area contributed by atoms with Crippen molar-refractivity contribution in [3.63, 3.8) is 0 Å². The van der Waals surface area contributed by atoms with E-state index >= 15 is 0 Å². The molecule has 1 fully saturated rings. The van der Waals surface area contributed by atoms with E-state index in [2.05, 4.69) is 27.3 Å². The van der Waals surface area contributed by atoms with Gasteiger partial charge in [0.25, 0.3) is 0 Å². The molecule has 2 atom stereocenters. The molecule has 1 aromatic rings. The first-order valence-corrected chi connectivity index (χ1v) is 6.57. The Morgan fingerprint density at radius 2 is 2.29 bits per heavy atom. The molecule has 0 aliphatic heterocycles. The van der Waals surface area contributed by atoms with Gasteiger partial charge in [-0.3, -0.25) is 0 Å². The lowest BCUT2D eigenvalue weighted by Crippen LogP contribution is -2.31. The van der Waals surface area contributed by atoms with Crippen LogP contribution in [0.4, 0.5) is 4.39 Å². The number of rotatable bonds is 3. The maximum atomic E-state index is 13.6. The van der Waals surface area contributed by atoms with Crippen LogP contribution in [-0.2, 0) is 6.54 Å². The van der Waals surface area contributed by atoms with E-state index in [1.807, 2.05) is 6.07 Å². The molecule has 1 saturated carbocycles. The normalized spacial score (nSPS) is 23.6. The molecular formula is C13H14BrFN2. The highest BCUT2D eigenvalue weighted by atomic mass is 79.9. The Morgan fingerprint density at radius 3 is 3.00 bits per heavy atom. The van der Waals surface area contributed by atoms with Crippen LogP contribution in [0.2, 0.25) is 0 Å². The van der Waals surface area contributed by atoms with Crippen molar-refractivity contribution in [1.29, 1.82) is 5.26 Å². The summed E-state index contributed by atoms with van der Waals surface area (Å²) < 4.78 is 14.3. The zero-order valence-corrected chi connectivity index (χ0v) is 11.0. The maximum Gasteiger partial charge on any atom is 0.128 e. The minimum absolute atomic E-state index is 0.0773. The Balaban J connectivity index is 1.96. The molecule has 90 valence electrons. The Labute approximate surface area is 109 Å². The predicted octanol–water partition coefficient (Wildman–Crippen LogP) is 3.37. The van der Waals surface area contributed by atoms with Crippen LogP contribution in [0.5, 0.6) is 0 Å². The van der Waals surface area contributed by atoms with Crippen LogP contribution < -0.4 is 5.32 Å². The van der Waals surface area contributed by atoms with E-state index in [9.17, 15) is 4.39 Å². The summed E-state index contributed by atoms with van der Waals surface area (Å²) in [7, 11) is 0. The van der Waals surface area contributed by atoms with Crippen LogP contribution in [0.15, 0.2) is 22.7 Å². The minimum atomic E-state index is -0.210. The molecule has 2 unspecified atom stereocenters. The smallest absolute Gasteiger partial charge is 0.128 e. The number of hydrogen-bond donors (Lipinski definition) is 1. The van der Waals surface area contributed by atoms with Gasteiger partial charge < -0.3 is 5.32 Å². The lowest BCUT2D eigenvalue weighted by molar-refractivity contribution is 0.457. The molecule has 0 heterocycles. The van der Waals surface area contributed by atoms with Gasteiger partial charge in [0, 0.05) is 22.6 Å². The standard InChI is InChI=1S/C13H14BrFN2/c14-11-5-4-10(12(15)6-11)8-17-13-3-1-2-9(13)7-16/h4-6,9,13,17H,1-3,8H2. The third-order valence-electron chi connectivity index (χ3n) is 3.25. The van der Waals surface area contributed by atoms with Crippen molar-refractivity contribution in [2.75, 3.05) is 0 Å². The van der Waals surface area contributed by atoms with Crippen LogP contribution in [0.1, 0.15) is 24.8 Å². The molecule has 4 heteroatoms. The fourth-order valence-electron chi connectivity index (χ4n) is 2.26. The molecule has 0 saturated heterocycles. The molecule has 2 rings (SSSR count). The van der Waals surface area contributed by atoms with E-state index in [1.165, 1.54) is 6.07 Å². The van der Waals surface area contributed by atoms with E-state index in [0.717, 1.165) is 23.7 Å². The number of nitrogens with zero attached hydrogens (tertiary/aromatic N) is 1. The molecule has 1 aliphatic rings. The van der Waals surface area contributed by atoms with E-state index in [4.69, 9.17) is 5.26 Å². The lowest BCUT2D eigenvalue weighted by atomic mass is 10.1. The summed E-state index contributed by atoms with van der Waals surface area (Å²) in [5.74, 6) is -0.133. The topological polar surface area (TPSA) is 35.8 Å². The van der Waals surface area contributed by atoms with Crippen molar-refractivity contribution in [3.05, 3.63) is 34.1 Å². The first-order valence-electron chi connectivity index (χ1n) is 5.77. The number of halogens is 2. The monoisotopic (exact) mass is 296 g/mol. The van der Waals surface area contributed by atoms with Crippen molar-refractivity contribution in [1.82, 2.24) is 5.32 Å². The molecule has 0 spiro atoms. The molecule has 1 aliphatic carbocycles. The molecular weight excluding hydrogens is 283 g/mol. The Bertz CT molecular complexity index is 442. The average molecular weight is 297 g/mol. The first kappa shape index (κ1) is 12.5. The summed E-state index contributed by atoms with van der Waals surface area (Å²) in [4.78, 5) is 0. The third-order valence-corrected chi connectivity index (χ3v) is 3.74. The highest BCUT2D eigenvalue weighted by Crippen LogP contribution is 2.25. The molecule has 17 heavy (non-hydrogen) atoms. The molecule has 0 bridgehead atoms. The maximum absolute atomic E-state index is 13.6. The zero-order chi connectivity index (χ0) is 12.3. The largest absolute Gasteiger partial charge is 0.309 e. The summed E-state index contributed by atoms with van der Waals surface area (Å²) in [6.45, 7) is 0.488. The number of hydrogen-bond acceptors (Lipinski definition) is 2. The van der Waals surface area contributed by atoms with Crippen molar-refractivity contribution in [3.8, 4) is 6.07 Å². The summed E-state index contributed by atoms with van der Waals surface area (Å²) in [5, 5.41) is 12.2. The van der Waals surface area contributed by atoms with Gasteiger partial charge >= 0.3 is 0 Å². The summed E-state index contributed by atoms with van der Waals surface area (Å²) in [6, 6.07) is 7.58. The quantitative estimate of drug-likeness (QED) is 0.928. The first-order chi connectivity index (χ1) is 8.20. The van der Waals surface area contributed by atoms with E-state index in [0.29, 0.717) is 12.1 Å². The number of benzene rings is 1. The second-order valence-electron chi connectivity index (χ2n) is 4.39. The van der Waals surface area contributed by atoms with Gasteiger partial charge in [-0.25, -0.2) is 4.39 Å². The molecule has 0 radical (unpaired) electrons. The molecule has 2 nitrogen and oxygen atoms in total. The average Bonchev–Trinajstić information content (AvgIpc) is 2.75. The molecule has 0 aromatic heterocycles. The van der Waals surface area contributed by atoms with Gasteiger partial charge in [-0.15, -0.1) is 0 Å². The predicted molar refractivity (Wildman–Crippen MR) is 67.7 cm³/mol. The molecule has 1 N–H and O–H groups in total. The fourth-order valence-corrected chi connectivity index (χ4v) is 2.60. The van der Waals surface area contributed by atoms with E-state index < -0.39 is 0 Å². The SMILES string of the molecule is N#CC1CCCC1NCc1ccc(Br)cc1F. The summed E-state index contributed by atoms with van der Waals surface area (Å²) >= 11 is 3.23. The number of nitriles is 1. The zero-order valence-electron chi connectivity index (χ0n) is 9.42. The summed E-state index contributed by atoms with van der Waals surface area (Å²) in [6.07, 6.45) is 3.05. The van der Waals surface area contributed by atoms with Gasteiger partial charge in [-0.05, 0) is 25.0 Å². The van der Waals surface area contributed by atoms with Crippen molar-refractivity contribution in [2.24, 2.45) is 5.92 Å². The second-order valence-corrected chi connectivity index (χ2v) is 5.31. The fraction of sp³-hybridized carbons (Fsp3) is 0.462. The van der Waals surface area contributed by atoms with E-state index in [1.54, 1.807) is 6.07 Å². The highest BCUT2D eigenvalue weighted by Gasteiger charge is 2.26. The highest BCUT2D eigenvalue weighted by molar-refractivity contribution is 9.10. The number of nitrogens with one attached hydrogen (secondary N) is 1. The second kappa shape index (κ2) is 5.61. The van der Waals surface area contributed by atoms with Crippen molar-refractivity contribution in [2.45, 2.75) is 31.8 Å². The lowest BCUT2D eigenvalue weighted by Gasteiger charge is -2.15. The van der Waals surface area contributed by atoms with Crippen LogP contribution in [-0.4, -0.2) is 6.04 Å². The van der Waals surface area contributed by atoms with Gasteiger partial charge in [0.2, 0.25) is 0 Å². The van der Waals surface area contributed by atoms with Crippen LogP contribution in [0.3, 0.4) is 0 Å². The Kier molecular flexibility index (Phi) is 4.14. The van der Waals surface area contributed by atoms with Crippen LogP contribution >= 0.6 is 15.9 Å². The summed E-state index contributed by atoms with van der Waals surface area (Å²) in [5.41, 5.74) is 0.650. The molecule has 0 amide bonds. The van der Waals surface area contributed by atoms with Crippen LogP contribution in [0, 0.1) is 23.1 Å². The Hall–Kier alpha value is -0.920. The van der Waals surface area contributed by atoms with Crippen LogP contribution in [0.25, 0.3) is 0 Å². The van der Waals surface area contributed by atoms with Crippen molar-refractivity contribution < 1.29 is 4.39 Å². The van der Waals surface area contributed by atoms with Gasteiger partial charge in [0.1, 0.15) is 5.82 Å². The van der Waals surface area contributed by atoms with Crippen molar-refractivity contribution >= 4 is 15.9 Å². The minimum Gasteiger partial charge on any atom is -0.309 e. The molecule has 1 aromatic carbocycles. The van der Waals surface area contributed by atoms with Gasteiger partial charge in [0.15, 0.2) is 0 Å².